The van der Waals surface area contributed by atoms with E-state index in [4.69, 9.17) is 11.6 Å². The summed E-state index contributed by atoms with van der Waals surface area (Å²) in [7, 11) is 0. The Morgan fingerprint density at radius 2 is 1.57 bits per heavy atom. The van der Waals surface area contributed by atoms with Gasteiger partial charge in [0.25, 0.3) is 0 Å². The van der Waals surface area contributed by atoms with Crippen LogP contribution < -0.4 is 4.90 Å². The molecule has 4 heteroatoms. The van der Waals surface area contributed by atoms with Crippen LogP contribution in [0.2, 0.25) is 5.02 Å². The molecule has 0 bridgehead atoms. The number of halogens is 1. The van der Waals surface area contributed by atoms with Gasteiger partial charge in [0.15, 0.2) is 0 Å². The average Bonchev–Trinajstić information content (AvgIpc) is 2.59. The molecule has 1 fully saturated rings. The van der Waals surface area contributed by atoms with Crippen LogP contribution in [-0.4, -0.2) is 36.2 Å². The van der Waals surface area contributed by atoms with Gasteiger partial charge in [-0.2, -0.15) is 0 Å². The molecule has 2 aromatic carbocycles. The predicted molar refractivity (Wildman–Crippen MR) is 96.4 cm³/mol. The van der Waals surface area contributed by atoms with Crippen molar-refractivity contribution < 1.29 is 5.11 Å². The molecule has 23 heavy (non-hydrogen) atoms. The smallest absolute Gasteiger partial charge is 0.115 e. The molecule has 2 aromatic rings. The normalized spacial score (nSPS) is 17.2. The summed E-state index contributed by atoms with van der Waals surface area (Å²) in [6.45, 7) is 6.35. The van der Waals surface area contributed by atoms with Crippen molar-refractivity contribution in [1.29, 1.82) is 0 Å². The van der Waals surface area contributed by atoms with Crippen LogP contribution in [0.1, 0.15) is 24.9 Å². The minimum atomic E-state index is 0.321. The van der Waals surface area contributed by atoms with Gasteiger partial charge in [-0.15, -0.1) is 0 Å². The molecule has 0 amide bonds. The van der Waals surface area contributed by atoms with E-state index in [1.807, 2.05) is 24.3 Å². The van der Waals surface area contributed by atoms with Crippen molar-refractivity contribution in [2.75, 3.05) is 31.1 Å². The first kappa shape index (κ1) is 16.2. The molecule has 0 aromatic heterocycles. The fourth-order valence-electron chi connectivity index (χ4n) is 3.34. The van der Waals surface area contributed by atoms with Crippen molar-refractivity contribution in [3.8, 4) is 5.75 Å². The maximum absolute atomic E-state index is 9.41. The molecule has 3 nitrogen and oxygen atoms in total. The Hall–Kier alpha value is -1.71. The Balaban J connectivity index is 1.65. The zero-order chi connectivity index (χ0) is 16.2. The largest absolute Gasteiger partial charge is 0.508 e. The Morgan fingerprint density at radius 1 is 0.957 bits per heavy atom. The van der Waals surface area contributed by atoms with Gasteiger partial charge >= 0.3 is 0 Å². The van der Waals surface area contributed by atoms with Crippen LogP contribution in [0.25, 0.3) is 0 Å². The highest BCUT2D eigenvalue weighted by atomic mass is 35.5. The molecule has 1 atom stereocenters. The van der Waals surface area contributed by atoms with E-state index in [9.17, 15) is 5.11 Å². The zero-order valence-corrected chi connectivity index (χ0v) is 14.2. The fraction of sp³-hybridized carbons (Fsp3) is 0.368. The summed E-state index contributed by atoms with van der Waals surface area (Å²) in [4.78, 5) is 4.94. The molecule has 1 saturated heterocycles. The number of rotatable bonds is 4. The molecule has 1 N–H and O–H groups in total. The van der Waals surface area contributed by atoms with E-state index < -0.39 is 0 Å². The van der Waals surface area contributed by atoms with Crippen molar-refractivity contribution in [2.24, 2.45) is 0 Å². The lowest BCUT2D eigenvalue weighted by molar-refractivity contribution is 0.181. The summed E-state index contributed by atoms with van der Waals surface area (Å²) in [5.74, 6) is 0.321. The maximum Gasteiger partial charge on any atom is 0.115 e. The summed E-state index contributed by atoms with van der Waals surface area (Å²) in [5.41, 5.74) is 2.52. The van der Waals surface area contributed by atoms with Gasteiger partial charge in [0.05, 0.1) is 0 Å². The van der Waals surface area contributed by atoms with Gasteiger partial charge in [0.1, 0.15) is 5.75 Å². The lowest BCUT2D eigenvalue weighted by Crippen LogP contribution is -2.47. The standard InChI is InChI=1S/C19H23ClN2O/c1-2-19(15-3-5-16(20)6-4-15)22-13-11-21(12-14-22)17-7-9-18(23)10-8-17/h3-10,19,23H,2,11-14H2,1H3/t19-/m1/s1. The lowest BCUT2D eigenvalue weighted by Gasteiger charge is -2.40. The van der Waals surface area contributed by atoms with E-state index in [1.54, 1.807) is 12.1 Å². The number of phenols is 1. The van der Waals surface area contributed by atoms with Crippen LogP contribution in [0.3, 0.4) is 0 Å². The van der Waals surface area contributed by atoms with E-state index in [0.717, 1.165) is 37.6 Å². The SMILES string of the molecule is CC[C@H](c1ccc(Cl)cc1)N1CCN(c2ccc(O)cc2)CC1. The second-order valence-electron chi connectivity index (χ2n) is 6.02. The Kier molecular flexibility index (Phi) is 5.09. The molecule has 0 aliphatic carbocycles. The quantitative estimate of drug-likeness (QED) is 0.904. The molecule has 0 saturated carbocycles. The Bertz CT molecular complexity index is 619. The van der Waals surface area contributed by atoms with Gasteiger partial charge in [-0.3, -0.25) is 4.90 Å². The van der Waals surface area contributed by atoms with E-state index in [1.165, 1.54) is 11.3 Å². The molecule has 1 heterocycles. The minimum Gasteiger partial charge on any atom is -0.508 e. The second-order valence-corrected chi connectivity index (χ2v) is 6.45. The number of nitrogens with zero attached hydrogens (tertiary/aromatic N) is 2. The topological polar surface area (TPSA) is 26.7 Å². The predicted octanol–water partition coefficient (Wildman–Crippen LogP) is 4.32. The van der Waals surface area contributed by atoms with Crippen molar-refractivity contribution in [3.05, 3.63) is 59.1 Å². The third-order valence-electron chi connectivity index (χ3n) is 4.61. The summed E-state index contributed by atoms with van der Waals surface area (Å²) in [5, 5.41) is 10.2. The Morgan fingerprint density at radius 3 is 2.13 bits per heavy atom. The molecule has 3 rings (SSSR count). The summed E-state index contributed by atoms with van der Waals surface area (Å²) in [6.07, 6.45) is 1.10. The lowest BCUT2D eigenvalue weighted by atomic mass is 10.0. The minimum absolute atomic E-state index is 0.321. The third-order valence-corrected chi connectivity index (χ3v) is 4.86. The second kappa shape index (κ2) is 7.24. The van der Waals surface area contributed by atoms with Crippen molar-refractivity contribution >= 4 is 17.3 Å². The number of hydrogen-bond acceptors (Lipinski definition) is 3. The summed E-state index contributed by atoms with van der Waals surface area (Å²) >= 11 is 6.01. The van der Waals surface area contributed by atoms with Crippen LogP contribution in [0.5, 0.6) is 5.75 Å². The number of anilines is 1. The molecular weight excluding hydrogens is 308 g/mol. The van der Waals surface area contributed by atoms with E-state index in [0.29, 0.717) is 11.8 Å². The number of piperazine rings is 1. The monoisotopic (exact) mass is 330 g/mol. The van der Waals surface area contributed by atoms with Crippen LogP contribution in [0.15, 0.2) is 48.5 Å². The van der Waals surface area contributed by atoms with Crippen LogP contribution in [0.4, 0.5) is 5.69 Å². The highest BCUT2D eigenvalue weighted by Crippen LogP contribution is 2.28. The molecule has 1 aliphatic rings. The van der Waals surface area contributed by atoms with Gasteiger partial charge in [-0.1, -0.05) is 30.7 Å². The fourth-order valence-corrected chi connectivity index (χ4v) is 3.47. The van der Waals surface area contributed by atoms with Gasteiger partial charge in [0, 0.05) is 42.9 Å². The number of hydrogen-bond donors (Lipinski definition) is 1. The van der Waals surface area contributed by atoms with E-state index in [-0.39, 0.29) is 0 Å². The summed E-state index contributed by atoms with van der Waals surface area (Å²) in [6, 6.07) is 16.2. The van der Waals surface area contributed by atoms with Crippen molar-refractivity contribution in [2.45, 2.75) is 19.4 Å². The highest BCUT2D eigenvalue weighted by molar-refractivity contribution is 6.30. The van der Waals surface area contributed by atoms with E-state index >= 15 is 0 Å². The first-order valence-electron chi connectivity index (χ1n) is 8.21. The number of aromatic hydroxyl groups is 1. The number of phenolic OH excluding ortho intramolecular Hbond substituents is 1. The molecule has 122 valence electrons. The van der Waals surface area contributed by atoms with Gasteiger partial charge in [-0.25, -0.2) is 0 Å². The van der Waals surface area contributed by atoms with Gasteiger partial charge < -0.3 is 10.0 Å². The Labute approximate surface area is 143 Å². The van der Waals surface area contributed by atoms with Crippen molar-refractivity contribution in [3.63, 3.8) is 0 Å². The first-order valence-corrected chi connectivity index (χ1v) is 8.58. The molecule has 0 unspecified atom stereocenters. The average molecular weight is 331 g/mol. The summed E-state index contributed by atoms with van der Waals surface area (Å²) < 4.78 is 0. The zero-order valence-electron chi connectivity index (χ0n) is 13.5. The van der Waals surface area contributed by atoms with Crippen LogP contribution in [0, 0.1) is 0 Å². The highest BCUT2D eigenvalue weighted by Gasteiger charge is 2.24. The maximum atomic E-state index is 9.41. The molecule has 0 spiro atoms. The number of benzene rings is 2. The van der Waals surface area contributed by atoms with Crippen molar-refractivity contribution in [1.82, 2.24) is 4.90 Å². The molecular formula is C19H23ClN2O. The van der Waals surface area contributed by atoms with Crippen LogP contribution >= 0.6 is 11.6 Å². The molecule has 1 aliphatic heterocycles. The third kappa shape index (κ3) is 3.80. The van der Waals surface area contributed by atoms with Gasteiger partial charge in [-0.05, 0) is 48.4 Å². The van der Waals surface area contributed by atoms with E-state index in [2.05, 4.69) is 28.9 Å². The first-order chi connectivity index (χ1) is 11.2. The van der Waals surface area contributed by atoms with Gasteiger partial charge in [0.2, 0.25) is 0 Å². The molecule has 0 radical (unpaired) electrons. The van der Waals surface area contributed by atoms with Crippen LogP contribution in [-0.2, 0) is 0 Å².